The van der Waals surface area contributed by atoms with E-state index in [1.54, 1.807) is 0 Å². The second-order valence-corrected chi connectivity index (χ2v) is 5.64. The Balaban J connectivity index is 3.06. The summed E-state index contributed by atoms with van der Waals surface area (Å²) in [6.45, 7) is 10.0. The summed E-state index contributed by atoms with van der Waals surface area (Å²) < 4.78 is 0. The quantitative estimate of drug-likeness (QED) is 0.715. The molecule has 0 atom stereocenters. The van der Waals surface area contributed by atoms with E-state index in [4.69, 9.17) is 0 Å². The van der Waals surface area contributed by atoms with Gasteiger partial charge in [-0.2, -0.15) is 0 Å². The van der Waals surface area contributed by atoms with E-state index in [0.29, 0.717) is 0 Å². The molecule has 0 aliphatic heterocycles. The van der Waals surface area contributed by atoms with Crippen molar-refractivity contribution >= 4 is 0 Å². The zero-order valence-corrected chi connectivity index (χ0v) is 10.9. The van der Waals surface area contributed by atoms with Gasteiger partial charge in [-0.05, 0) is 43.1 Å². The summed E-state index contributed by atoms with van der Waals surface area (Å²) in [4.78, 5) is 2.21. The van der Waals surface area contributed by atoms with Crippen molar-refractivity contribution < 1.29 is 0 Å². The van der Waals surface area contributed by atoms with Crippen molar-refractivity contribution in [1.29, 1.82) is 0 Å². The summed E-state index contributed by atoms with van der Waals surface area (Å²) in [5, 5.41) is 0. The third-order valence-corrected chi connectivity index (χ3v) is 2.61. The number of hydrogen-bond acceptors (Lipinski definition) is 1. The van der Waals surface area contributed by atoms with Crippen LogP contribution in [0.4, 0.5) is 0 Å². The highest BCUT2D eigenvalue weighted by atomic mass is 15.0. The molecule has 1 heteroatoms. The van der Waals surface area contributed by atoms with Gasteiger partial charge in [0.25, 0.3) is 0 Å². The summed E-state index contributed by atoms with van der Waals surface area (Å²) in [5.74, 6) is 0. The minimum atomic E-state index is 0.242. The molecule has 1 aromatic rings. The highest BCUT2D eigenvalue weighted by Crippen LogP contribution is 2.26. The second kappa shape index (κ2) is 4.36. The third kappa shape index (κ3) is 3.35. The zero-order chi connectivity index (χ0) is 11.6. The van der Waals surface area contributed by atoms with Gasteiger partial charge in [0.15, 0.2) is 0 Å². The van der Waals surface area contributed by atoms with Crippen molar-refractivity contribution in [2.75, 3.05) is 14.1 Å². The van der Waals surface area contributed by atoms with Gasteiger partial charge in [-0.3, -0.25) is 0 Å². The number of hydrogen-bond donors (Lipinski definition) is 0. The van der Waals surface area contributed by atoms with Crippen LogP contribution in [0.5, 0.6) is 0 Å². The molecule has 0 saturated heterocycles. The average molecular weight is 205 g/mol. The van der Waals surface area contributed by atoms with Crippen LogP contribution in [0.15, 0.2) is 18.2 Å². The van der Waals surface area contributed by atoms with Crippen LogP contribution in [-0.2, 0) is 12.0 Å². The Morgan fingerprint density at radius 3 is 2.20 bits per heavy atom. The predicted molar refractivity (Wildman–Crippen MR) is 67.3 cm³/mol. The molecule has 1 nitrogen and oxygen atoms in total. The van der Waals surface area contributed by atoms with Crippen LogP contribution < -0.4 is 0 Å². The highest BCUT2D eigenvalue weighted by Gasteiger charge is 2.16. The van der Waals surface area contributed by atoms with Crippen LogP contribution in [0.1, 0.15) is 37.5 Å². The van der Waals surface area contributed by atoms with E-state index >= 15 is 0 Å². The predicted octanol–water partition coefficient (Wildman–Crippen LogP) is 3.35. The molecule has 1 aromatic carbocycles. The SMILES string of the molecule is Cc1ccc(CN(C)C)cc1C(C)(C)C. The molecule has 84 valence electrons. The van der Waals surface area contributed by atoms with E-state index in [-0.39, 0.29) is 5.41 Å². The van der Waals surface area contributed by atoms with Crippen molar-refractivity contribution in [3.05, 3.63) is 34.9 Å². The summed E-state index contributed by atoms with van der Waals surface area (Å²) in [6.07, 6.45) is 0. The molecule has 0 bridgehead atoms. The van der Waals surface area contributed by atoms with Gasteiger partial charge in [-0.1, -0.05) is 39.0 Å². The van der Waals surface area contributed by atoms with Gasteiger partial charge in [0.05, 0.1) is 0 Å². The van der Waals surface area contributed by atoms with Crippen molar-refractivity contribution in [3.8, 4) is 0 Å². The van der Waals surface area contributed by atoms with Gasteiger partial charge < -0.3 is 4.90 Å². The Bertz CT molecular complexity index is 332. The summed E-state index contributed by atoms with van der Waals surface area (Å²) in [7, 11) is 4.22. The van der Waals surface area contributed by atoms with Crippen LogP contribution in [0.2, 0.25) is 0 Å². The minimum absolute atomic E-state index is 0.242. The van der Waals surface area contributed by atoms with Crippen molar-refractivity contribution in [2.24, 2.45) is 0 Å². The van der Waals surface area contributed by atoms with Crippen LogP contribution >= 0.6 is 0 Å². The molecular formula is C14H23N. The molecule has 0 N–H and O–H groups in total. The standard InChI is InChI=1S/C14H23N/c1-11-7-8-12(10-15(5)6)9-13(11)14(2,3)4/h7-9H,10H2,1-6H3. The van der Waals surface area contributed by atoms with E-state index in [0.717, 1.165) is 6.54 Å². The molecule has 0 unspecified atom stereocenters. The summed E-state index contributed by atoms with van der Waals surface area (Å²) >= 11 is 0. The molecule has 0 fully saturated rings. The number of nitrogens with zero attached hydrogens (tertiary/aromatic N) is 1. The summed E-state index contributed by atoms with van der Waals surface area (Å²) in [5.41, 5.74) is 4.49. The van der Waals surface area contributed by atoms with Crippen LogP contribution in [0, 0.1) is 6.92 Å². The topological polar surface area (TPSA) is 3.24 Å². The lowest BCUT2D eigenvalue weighted by molar-refractivity contribution is 0.402. The Kier molecular flexibility index (Phi) is 3.56. The Hall–Kier alpha value is -0.820. The molecular weight excluding hydrogens is 182 g/mol. The average Bonchev–Trinajstić information content (AvgIpc) is 2.05. The molecule has 0 heterocycles. The maximum atomic E-state index is 2.34. The van der Waals surface area contributed by atoms with Gasteiger partial charge in [-0.15, -0.1) is 0 Å². The van der Waals surface area contributed by atoms with Crippen LogP contribution in [0.3, 0.4) is 0 Å². The highest BCUT2D eigenvalue weighted by molar-refractivity contribution is 5.35. The molecule has 0 amide bonds. The van der Waals surface area contributed by atoms with Gasteiger partial charge >= 0.3 is 0 Å². The van der Waals surface area contributed by atoms with Crippen molar-refractivity contribution in [3.63, 3.8) is 0 Å². The van der Waals surface area contributed by atoms with Crippen LogP contribution in [-0.4, -0.2) is 19.0 Å². The first-order chi connectivity index (χ1) is 6.80. The lowest BCUT2D eigenvalue weighted by Crippen LogP contribution is -2.15. The van der Waals surface area contributed by atoms with E-state index in [1.165, 1.54) is 16.7 Å². The molecule has 1 rings (SSSR count). The third-order valence-electron chi connectivity index (χ3n) is 2.61. The number of rotatable bonds is 2. The molecule has 0 spiro atoms. The maximum absolute atomic E-state index is 2.34. The van der Waals surface area contributed by atoms with E-state index < -0.39 is 0 Å². The maximum Gasteiger partial charge on any atom is 0.0227 e. The van der Waals surface area contributed by atoms with Gasteiger partial charge in [0.1, 0.15) is 0 Å². The first kappa shape index (κ1) is 12.3. The largest absolute Gasteiger partial charge is 0.305 e. The van der Waals surface area contributed by atoms with Gasteiger partial charge in [0, 0.05) is 6.54 Å². The van der Waals surface area contributed by atoms with E-state index in [9.17, 15) is 0 Å². The van der Waals surface area contributed by atoms with Crippen LogP contribution in [0.25, 0.3) is 0 Å². The lowest BCUT2D eigenvalue weighted by atomic mass is 9.83. The minimum Gasteiger partial charge on any atom is -0.305 e. The zero-order valence-electron chi connectivity index (χ0n) is 10.9. The van der Waals surface area contributed by atoms with Crippen molar-refractivity contribution in [1.82, 2.24) is 4.90 Å². The van der Waals surface area contributed by atoms with Crippen molar-refractivity contribution in [2.45, 2.75) is 39.7 Å². The van der Waals surface area contributed by atoms with Gasteiger partial charge in [-0.25, -0.2) is 0 Å². The smallest absolute Gasteiger partial charge is 0.0227 e. The fourth-order valence-electron chi connectivity index (χ4n) is 1.94. The molecule has 0 aliphatic carbocycles. The number of benzene rings is 1. The molecule has 0 radical (unpaired) electrons. The monoisotopic (exact) mass is 205 g/mol. The molecule has 15 heavy (non-hydrogen) atoms. The Labute approximate surface area is 94.1 Å². The van der Waals surface area contributed by atoms with E-state index in [1.807, 2.05) is 0 Å². The van der Waals surface area contributed by atoms with E-state index in [2.05, 4.69) is 64.9 Å². The first-order valence-electron chi connectivity index (χ1n) is 5.55. The fourth-order valence-corrected chi connectivity index (χ4v) is 1.94. The van der Waals surface area contributed by atoms with Gasteiger partial charge in [0.2, 0.25) is 0 Å². The summed E-state index contributed by atoms with van der Waals surface area (Å²) in [6, 6.07) is 6.80. The molecule has 0 aliphatic rings. The lowest BCUT2D eigenvalue weighted by Gasteiger charge is -2.23. The molecule has 0 aromatic heterocycles. The first-order valence-corrected chi connectivity index (χ1v) is 5.55. The fraction of sp³-hybridized carbons (Fsp3) is 0.571. The molecule has 0 saturated carbocycles. The Morgan fingerprint density at radius 1 is 1.13 bits per heavy atom. The second-order valence-electron chi connectivity index (χ2n) is 5.64. The normalized spacial score (nSPS) is 12.2. The number of aryl methyl sites for hydroxylation is 1. The Morgan fingerprint density at radius 2 is 1.73 bits per heavy atom.